The Balaban J connectivity index is 1.62. The molecule has 0 spiro atoms. The van der Waals surface area contributed by atoms with Crippen LogP contribution < -0.4 is 9.64 Å². The lowest BCUT2D eigenvalue weighted by Crippen LogP contribution is -2.38. The van der Waals surface area contributed by atoms with Crippen LogP contribution in [0.25, 0.3) is 0 Å². The third kappa shape index (κ3) is 3.37. The number of nitrogens with zero attached hydrogens (tertiary/aromatic N) is 3. The molecule has 1 aromatic heterocycles. The highest BCUT2D eigenvalue weighted by molar-refractivity contribution is 9.10. The summed E-state index contributed by atoms with van der Waals surface area (Å²) < 4.78 is 11.1. The van der Waals surface area contributed by atoms with Crippen molar-refractivity contribution >= 4 is 44.1 Å². The highest BCUT2D eigenvalue weighted by Crippen LogP contribution is 2.33. The lowest BCUT2D eigenvalue weighted by Gasteiger charge is -2.32. The van der Waals surface area contributed by atoms with Gasteiger partial charge in [0.25, 0.3) is 0 Å². The maximum atomic E-state index is 9.17. The van der Waals surface area contributed by atoms with Gasteiger partial charge in [0.05, 0.1) is 0 Å². The Morgan fingerprint density at radius 3 is 2.86 bits per heavy atom. The average molecular weight is 399 g/mol. The van der Waals surface area contributed by atoms with Crippen LogP contribution in [0.2, 0.25) is 5.15 Å². The monoisotopic (exact) mass is 397 g/mol. The van der Waals surface area contributed by atoms with E-state index in [0.29, 0.717) is 10.7 Å². The van der Waals surface area contributed by atoms with Gasteiger partial charge in [0.2, 0.25) is 0 Å². The largest absolute Gasteiger partial charge is 0.490 e. The Labute approximate surface area is 146 Å². The van der Waals surface area contributed by atoms with Crippen LogP contribution >= 0.6 is 39.1 Å². The predicted molar refractivity (Wildman–Crippen MR) is 91.8 cm³/mol. The molecule has 2 aromatic rings. The van der Waals surface area contributed by atoms with E-state index in [0.717, 1.165) is 41.2 Å². The molecule has 7 heteroatoms. The summed E-state index contributed by atoms with van der Waals surface area (Å²) >= 11 is 10.7. The molecule has 1 aliphatic heterocycles. The normalized spacial score (nSPS) is 15.6. The molecule has 0 saturated carbocycles. The van der Waals surface area contributed by atoms with Crippen molar-refractivity contribution in [3.05, 3.63) is 39.5 Å². The van der Waals surface area contributed by atoms with Gasteiger partial charge in [-0.15, -0.1) is 0 Å². The van der Waals surface area contributed by atoms with Crippen LogP contribution in [-0.4, -0.2) is 23.6 Å². The third-order valence-corrected chi connectivity index (χ3v) is 5.35. The predicted octanol–water partition coefficient (Wildman–Crippen LogP) is 4.48. The quantitative estimate of drug-likeness (QED) is 0.765. The average Bonchev–Trinajstić information content (AvgIpc) is 2.89. The van der Waals surface area contributed by atoms with Crippen LogP contribution in [0.5, 0.6) is 5.75 Å². The number of halogens is 2. The standard InChI is InChI=1S/C15H13BrClN3OS/c16-10-2-1-3-12(8-10)21-11-4-6-20(7-5-11)15-13(9-18)14(17)19-22-15/h1-3,8,11H,4-7H2. The first-order valence-electron chi connectivity index (χ1n) is 6.90. The summed E-state index contributed by atoms with van der Waals surface area (Å²) in [5.74, 6) is 0.881. The minimum Gasteiger partial charge on any atom is -0.490 e. The number of benzene rings is 1. The van der Waals surface area contributed by atoms with Crippen LogP contribution in [0.3, 0.4) is 0 Å². The molecule has 114 valence electrons. The molecule has 22 heavy (non-hydrogen) atoms. The van der Waals surface area contributed by atoms with Crippen molar-refractivity contribution in [3.63, 3.8) is 0 Å². The molecule has 0 bridgehead atoms. The van der Waals surface area contributed by atoms with Gasteiger partial charge in [-0.3, -0.25) is 0 Å². The summed E-state index contributed by atoms with van der Waals surface area (Å²) in [5, 5.41) is 10.3. The number of rotatable bonds is 3. The van der Waals surface area contributed by atoms with Gasteiger partial charge >= 0.3 is 0 Å². The van der Waals surface area contributed by atoms with E-state index in [4.69, 9.17) is 21.6 Å². The van der Waals surface area contributed by atoms with E-state index in [1.807, 2.05) is 24.3 Å². The number of ether oxygens (including phenoxy) is 1. The zero-order valence-electron chi connectivity index (χ0n) is 11.6. The van der Waals surface area contributed by atoms with Crippen LogP contribution in [0.15, 0.2) is 28.7 Å². The first-order valence-corrected chi connectivity index (χ1v) is 8.84. The molecule has 1 aliphatic rings. The lowest BCUT2D eigenvalue weighted by atomic mass is 10.1. The Kier molecular flexibility index (Phi) is 4.87. The van der Waals surface area contributed by atoms with Gasteiger partial charge in [-0.25, -0.2) is 0 Å². The van der Waals surface area contributed by atoms with Gasteiger partial charge in [-0.2, -0.15) is 9.64 Å². The SMILES string of the molecule is N#Cc1c(Cl)nsc1N1CCC(Oc2cccc(Br)c2)CC1. The molecule has 0 atom stereocenters. The number of piperidine rings is 1. The summed E-state index contributed by atoms with van der Waals surface area (Å²) in [6.07, 6.45) is 2.01. The van der Waals surface area contributed by atoms with Gasteiger partial charge in [-0.05, 0) is 29.7 Å². The van der Waals surface area contributed by atoms with Crippen LogP contribution in [-0.2, 0) is 0 Å². The summed E-state index contributed by atoms with van der Waals surface area (Å²) in [6, 6.07) is 10.0. The number of aromatic nitrogens is 1. The molecule has 0 radical (unpaired) electrons. The smallest absolute Gasteiger partial charge is 0.162 e. The van der Waals surface area contributed by atoms with Crippen molar-refractivity contribution in [1.82, 2.24) is 4.37 Å². The first-order chi connectivity index (χ1) is 10.7. The Hall–Kier alpha value is -1.29. The summed E-state index contributed by atoms with van der Waals surface area (Å²) in [5.41, 5.74) is 0.484. The molecule has 4 nitrogen and oxygen atoms in total. The molecule has 2 heterocycles. The molecule has 0 amide bonds. The number of nitriles is 1. The van der Waals surface area contributed by atoms with Gasteiger partial charge in [0.1, 0.15) is 28.5 Å². The van der Waals surface area contributed by atoms with Crippen molar-refractivity contribution in [2.24, 2.45) is 0 Å². The second kappa shape index (κ2) is 6.86. The highest BCUT2D eigenvalue weighted by atomic mass is 79.9. The molecule has 0 aliphatic carbocycles. The third-order valence-electron chi connectivity index (χ3n) is 3.57. The summed E-state index contributed by atoms with van der Waals surface area (Å²) in [7, 11) is 0. The highest BCUT2D eigenvalue weighted by Gasteiger charge is 2.25. The van der Waals surface area contributed by atoms with E-state index in [-0.39, 0.29) is 6.10 Å². The topological polar surface area (TPSA) is 49.2 Å². The van der Waals surface area contributed by atoms with Crippen molar-refractivity contribution in [2.45, 2.75) is 18.9 Å². The maximum Gasteiger partial charge on any atom is 0.162 e. The lowest BCUT2D eigenvalue weighted by molar-refractivity contribution is 0.171. The fourth-order valence-electron chi connectivity index (χ4n) is 2.48. The van der Waals surface area contributed by atoms with Gasteiger partial charge < -0.3 is 9.64 Å². The molecular formula is C15H13BrClN3OS. The molecule has 0 unspecified atom stereocenters. The zero-order valence-corrected chi connectivity index (χ0v) is 14.8. The molecule has 1 saturated heterocycles. The van der Waals surface area contributed by atoms with E-state index < -0.39 is 0 Å². The van der Waals surface area contributed by atoms with Crippen LogP contribution in [0, 0.1) is 11.3 Å². The zero-order chi connectivity index (χ0) is 15.5. The van der Waals surface area contributed by atoms with E-state index in [1.165, 1.54) is 11.5 Å². The van der Waals surface area contributed by atoms with Gasteiger partial charge in [-0.1, -0.05) is 33.6 Å². The van der Waals surface area contributed by atoms with Crippen LogP contribution in [0.1, 0.15) is 18.4 Å². The van der Waals surface area contributed by atoms with Crippen molar-refractivity contribution in [3.8, 4) is 11.8 Å². The van der Waals surface area contributed by atoms with Crippen LogP contribution in [0.4, 0.5) is 5.00 Å². The van der Waals surface area contributed by atoms with Crippen molar-refractivity contribution < 1.29 is 4.74 Å². The molecule has 0 N–H and O–H groups in total. The van der Waals surface area contributed by atoms with E-state index in [9.17, 15) is 0 Å². The van der Waals surface area contributed by atoms with Gasteiger partial charge in [0, 0.05) is 30.4 Å². The molecule has 3 rings (SSSR count). The first kappa shape index (κ1) is 15.6. The second-order valence-electron chi connectivity index (χ2n) is 5.03. The maximum absolute atomic E-state index is 9.17. The fourth-order valence-corrected chi connectivity index (χ4v) is 3.94. The fraction of sp³-hybridized carbons (Fsp3) is 0.333. The Morgan fingerprint density at radius 2 is 2.18 bits per heavy atom. The Morgan fingerprint density at radius 1 is 1.41 bits per heavy atom. The second-order valence-corrected chi connectivity index (χ2v) is 7.05. The molecular weight excluding hydrogens is 386 g/mol. The van der Waals surface area contributed by atoms with Gasteiger partial charge in [0.15, 0.2) is 5.15 Å². The molecule has 1 fully saturated rings. The number of anilines is 1. The van der Waals surface area contributed by atoms with E-state index >= 15 is 0 Å². The van der Waals surface area contributed by atoms with E-state index in [2.05, 4.69) is 31.3 Å². The minimum absolute atomic E-state index is 0.194. The van der Waals surface area contributed by atoms with E-state index in [1.54, 1.807) is 0 Å². The molecule has 1 aromatic carbocycles. The van der Waals surface area contributed by atoms with Crippen molar-refractivity contribution in [2.75, 3.05) is 18.0 Å². The number of hydrogen-bond donors (Lipinski definition) is 0. The Bertz CT molecular complexity index is 707. The summed E-state index contributed by atoms with van der Waals surface area (Å²) in [4.78, 5) is 2.17. The summed E-state index contributed by atoms with van der Waals surface area (Å²) in [6.45, 7) is 1.68. The minimum atomic E-state index is 0.194. The number of hydrogen-bond acceptors (Lipinski definition) is 5. The van der Waals surface area contributed by atoms with Crippen molar-refractivity contribution in [1.29, 1.82) is 5.26 Å².